The Morgan fingerprint density at radius 1 is 1.11 bits per heavy atom. The Labute approximate surface area is 165 Å². The van der Waals surface area contributed by atoms with Gasteiger partial charge in [-0.15, -0.1) is 11.3 Å². The fourth-order valence-electron chi connectivity index (χ4n) is 3.14. The number of nitrogens with zero attached hydrogens (tertiary/aromatic N) is 2. The number of carbonyl (C=O) groups excluding carboxylic acids is 1. The zero-order valence-electron chi connectivity index (χ0n) is 16.2. The van der Waals surface area contributed by atoms with Crippen molar-refractivity contribution >= 4 is 17.2 Å². The van der Waals surface area contributed by atoms with Gasteiger partial charge in [-0.1, -0.05) is 67.1 Å². The van der Waals surface area contributed by atoms with E-state index in [1.807, 2.05) is 35.5 Å². The molecule has 0 N–H and O–H groups in total. The van der Waals surface area contributed by atoms with E-state index in [4.69, 9.17) is 0 Å². The van der Waals surface area contributed by atoms with Crippen molar-refractivity contribution in [2.75, 3.05) is 7.05 Å². The fraction of sp³-hybridized carbons (Fsp3) is 0.304. The van der Waals surface area contributed by atoms with Crippen LogP contribution in [0.2, 0.25) is 0 Å². The molecule has 0 spiro atoms. The number of hydrogen-bond donors (Lipinski definition) is 0. The van der Waals surface area contributed by atoms with Gasteiger partial charge in [-0.25, -0.2) is 4.98 Å². The summed E-state index contributed by atoms with van der Waals surface area (Å²) < 4.78 is 0. The first kappa shape index (κ1) is 19.3. The van der Waals surface area contributed by atoms with Gasteiger partial charge in [-0.2, -0.15) is 0 Å². The molecule has 0 aliphatic rings. The Balaban J connectivity index is 1.64. The van der Waals surface area contributed by atoms with Crippen LogP contribution in [0.4, 0.5) is 0 Å². The smallest absolute Gasteiger partial charge is 0.228 e. The second-order valence-corrected chi connectivity index (χ2v) is 7.80. The molecule has 2 aromatic carbocycles. The van der Waals surface area contributed by atoms with Crippen LogP contribution in [0.1, 0.15) is 30.2 Å². The number of carbonyl (C=O) groups is 1. The van der Waals surface area contributed by atoms with Crippen LogP contribution in [-0.2, 0) is 17.6 Å². The molecule has 27 heavy (non-hydrogen) atoms. The van der Waals surface area contributed by atoms with E-state index in [2.05, 4.69) is 55.2 Å². The van der Waals surface area contributed by atoms with E-state index < -0.39 is 0 Å². The summed E-state index contributed by atoms with van der Waals surface area (Å²) in [5.41, 5.74) is 4.45. The first-order valence-corrected chi connectivity index (χ1v) is 10.3. The lowest BCUT2D eigenvalue weighted by Gasteiger charge is -2.27. The Morgan fingerprint density at radius 2 is 1.81 bits per heavy atom. The van der Waals surface area contributed by atoms with Crippen molar-refractivity contribution in [1.29, 1.82) is 0 Å². The van der Waals surface area contributed by atoms with E-state index in [9.17, 15) is 4.79 Å². The highest BCUT2D eigenvalue weighted by atomic mass is 32.1. The van der Waals surface area contributed by atoms with Crippen LogP contribution in [0.3, 0.4) is 0 Å². The third-order valence-corrected chi connectivity index (χ3v) is 5.85. The monoisotopic (exact) mass is 378 g/mol. The summed E-state index contributed by atoms with van der Waals surface area (Å²) in [7, 11) is 1.91. The highest BCUT2D eigenvalue weighted by Gasteiger charge is 2.20. The summed E-state index contributed by atoms with van der Waals surface area (Å²) in [6.07, 6.45) is 2.16. The lowest BCUT2D eigenvalue weighted by atomic mass is 10.0. The van der Waals surface area contributed by atoms with Crippen molar-refractivity contribution in [1.82, 2.24) is 9.88 Å². The number of thiazole rings is 1. The minimum atomic E-state index is 0.124. The molecule has 0 saturated carbocycles. The largest absolute Gasteiger partial charge is 0.342 e. The minimum Gasteiger partial charge on any atom is -0.342 e. The maximum Gasteiger partial charge on any atom is 0.228 e. The predicted octanol–water partition coefficient (Wildman–Crippen LogP) is 5.14. The second-order valence-electron chi connectivity index (χ2n) is 6.94. The molecule has 3 rings (SSSR count). The summed E-state index contributed by atoms with van der Waals surface area (Å²) in [6, 6.07) is 18.9. The van der Waals surface area contributed by atoms with Crippen molar-refractivity contribution in [2.45, 2.75) is 39.2 Å². The maximum atomic E-state index is 12.8. The van der Waals surface area contributed by atoms with E-state index in [0.717, 1.165) is 29.1 Å². The van der Waals surface area contributed by atoms with Crippen LogP contribution in [0, 0.1) is 6.92 Å². The molecule has 0 bridgehead atoms. The van der Waals surface area contributed by atoms with Crippen LogP contribution >= 0.6 is 11.3 Å². The summed E-state index contributed by atoms with van der Waals surface area (Å²) in [5.74, 6) is 0.124. The third-order valence-electron chi connectivity index (χ3n) is 4.91. The average Bonchev–Trinajstić information content (AvgIpc) is 3.15. The Hall–Kier alpha value is -2.46. The minimum absolute atomic E-state index is 0.124. The summed E-state index contributed by atoms with van der Waals surface area (Å²) >= 11 is 1.60. The molecule has 1 heterocycles. The topological polar surface area (TPSA) is 33.2 Å². The van der Waals surface area contributed by atoms with E-state index >= 15 is 0 Å². The summed E-state index contributed by atoms with van der Waals surface area (Å²) in [5, 5.41) is 2.97. The molecule has 4 heteroatoms. The van der Waals surface area contributed by atoms with Gasteiger partial charge in [0.05, 0.1) is 12.1 Å². The molecular weight excluding hydrogens is 352 g/mol. The van der Waals surface area contributed by atoms with Crippen molar-refractivity contribution < 1.29 is 4.79 Å². The van der Waals surface area contributed by atoms with Crippen molar-refractivity contribution in [2.24, 2.45) is 0 Å². The Kier molecular flexibility index (Phi) is 6.40. The van der Waals surface area contributed by atoms with Gasteiger partial charge < -0.3 is 4.90 Å². The maximum absolute atomic E-state index is 12.8. The Morgan fingerprint density at radius 3 is 2.48 bits per heavy atom. The van der Waals surface area contributed by atoms with Crippen LogP contribution in [-0.4, -0.2) is 28.9 Å². The first-order valence-electron chi connectivity index (χ1n) is 9.38. The molecule has 140 valence electrons. The lowest BCUT2D eigenvalue weighted by molar-refractivity contribution is -0.131. The zero-order valence-corrected chi connectivity index (χ0v) is 17.0. The van der Waals surface area contributed by atoms with E-state index in [0.29, 0.717) is 6.42 Å². The number of aryl methyl sites for hydroxylation is 1. The van der Waals surface area contributed by atoms with E-state index in [1.165, 1.54) is 11.1 Å². The predicted molar refractivity (Wildman–Crippen MR) is 113 cm³/mol. The van der Waals surface area contributed by atoms with Crippen LogP contribution in [0.5, 0.6) is 0 Å². The zero-order chi connectivity index (χ0) is 19.2. The summed E-state index contributed by atoms with van der Waals surface area (Å²) in [4.78, 5) is 19.3. The molecule has 3 nitrogen and oxygen atoms in total. The molecular formula is C23H26N2OS. The van der Waals surface area contributed by atoms with E-state index in [-0.39, 0.29) is 11.9 Å². The highest BCUT2D eigenvalue weighted by Crippen LogP contribution is 2.24. The Bertz CT molecular complexity index is 871. The molecule has 0 aliphatic heterocycles. The fourth-order valence-corrected chi connectivity index (χ4v) is 3.97. The molecule has 1 amide bonds. The SMILES string of the molecule is CC[C@H](Cc1ccccc1)N(C)C(=O)Cc1csc(-c2ccc(C)cc2)n1. The van der Waals surface area contributed by atoms with Gasteiger partial charge in [-0.05, 0) is 25.3 Å². The van der Waals surface area contributed by atoms with Gasteiger partial charge in [0.15, 0.2) is 0 Å². The molecule has 1 aromatic heterocycles. The molecule has 0 radical (unpaired) electrons. The lowest BCUT2D eigenvalue weighted by Crippen LogP contribution is -2.39. The number of likely N-dealkylation sites (N-methyl/N-ethyl adjacent to an activating group) is 1. The number of rotatable bonds is 7. The van der Waals surface area contributed by atoms with Gasteiger partial charge in [-0.3, -0.25) is 4.79 Å². The highest BCUT2D eigenvalue weighted by molar-refractivity contribution is 7.13. The quantitative estimate of drug-likeness (QED) is 0.570. The normalized spacial score (nSPS) is 12.0. The van der Waals surface area contributed by atoms with Crippen molar-refractivity contribution in [3.05, 3.63) is 76.8 Å². The third kappa shape index (κ3) is 5.04. The molecule has 1 atom stereocenters. The van der Waals surface area contributed by atoms with Gasteiger partial charge in [0.2, 0.25) is 5.91 Å². The van der Waals surface area contributed by atoms with E-state index in [1.54, 1.807) is 11.3 Å². The van der Waals surface area contributed by atoms with Gasteiger partial charge in [0.25, 0.3) is 0 Å². The van der Waals surface area contributed by atoms with Crippen molar-refractivity contribution in [3.8, 4) is 10.6 Å². The van der Waals surface area contributed by atoms with Crippen LogP contribution < -0.4 is 0 Å². The van der Waals surface area contributed by atoms with Gasteiger partial charge in [0.1, 0.15) is 5.01 Å². The second kappa shape index (κ2) is 8.96. The number of amides is 1. The van der Waals surface area contributed by atoms with Crippen LogP contribution in [0.15, 0.2) is 60.0 Å². The first-order chi connectivity index (χ1) is 13.1. The molecule has 3 aromatic rings. The van der Waals surface area contributed by atoms with Crippen molar-refractivity contribution in [3.63, 3.8) is 0 Å². The summed E-state index contributed by atoms with van der Waals surface area (Å²) in [6.45, 7) is 4.21. The number of benzene rings is 2. The molecule has 0 aliphatic carbocycles. The van der Waals surface area contributed by atoms with Gasteiger partial charge >= 0.3 is 0 Å². The molecule has 0 unspecified atom stereocenters. The standard InChI is InChI=1S/C23H26N2OS/c1-4-21(14-18-8-6-5-7-9-18)25(3)22(26)15-20-16-27-23(24-20)19-12-10-17(2)11-13-19/h5-13,16,21H,4,14-15H2,1-3H3/t21-/m1/s1. The average molecular weight is 379 g/mol. The number of hydrogen-bond acceptors (Lipinski definition) is 3. The molecule has 0 saturated heterocycles. The van der Waals surface area contributed by atoms with Crippen LogP contribution in [0.25, 0.3) is 10.6 Å². The van der Waals surface area contributed by atoms with Gasteiger partial charge in [0, 0.05) is 24.0 Å². The molecule has 0 fully saturated rings. The number of aromatic nitrogens is 1.